The average molecular weight is 586 g/mol. The molecule has 0 aliphatic rings. The van der Waals surface area contributed by atoms with E-state index in [-0.39, 0.29) is 34.1 Å². The van der Waals surface area contributed by atoms with Gasteiger partial charge in [-0.15, -0.1) is 0 Å². The minimum Gasteiger partial charge on any atom is -0.495 e. The van der Waals surface area contributed by atoms with Gasteiger partial charge in [0.2, 0.25) is 11.8 Å². The molecule has 1 unspecified atom stereocenters. The normalized spacial score (nSPS) is 12.1. The number of halogens is 1. The Hall–Kier alpha value is -3.56. The van der Waals surface area contributed by atoms with Gasteiger partial charge in [0, 0.05) is 12.6 Å². The minimum absolute atomic E-state index is 0.0233. The molecule has 0 saturated heterocycles. The van der Waals surface area contributed by atoms with Crippen molar-refractivity contribution in [1.29, 1.82) is 0 Å². The van der Waals surface area contributed by atoms with E-state index in [0.717, 1.165) is 9.87 Å². The SMILES string of the molecule is CCC(C(=O)NC(C)C)N(CCc1ccccc1)C(=O)CN(c1ccc(OC)c(Cl)c1)S(=O)(=O)c1ccccc1. The first kappa shape index (κ1) is 31.0. The molecule has 0 fully saturated rings. The van der Waals surface area contributed by atoms with Gasteiger partial charge in [0.15, 0.2) is 0 Å². The smallest absolute Gasteiger partial charge is 0.264 e. The summed E-state index contributed by atoms with van der Waals surface area (Å²) in [6.07, 6.45) is 0.858. The van der Waals surface area contributed by atoms with Gasteiger partial charge in [0.05, 0.1) is 22.7 Å². The zero-order valence-corrected chi connectivity index (χ0v) is 24.8. The van der Waals surface area contributed by atoms with E-state index in [1.807, 2.05) is 51.1 Å². The Labute approximate surface area is 241 Å². The number of carbonyl (C=O) groups excluding carboxylic acids is 2. The predicted octanol–water partition coefficient (Wildman–Crippen LogP) is 4.92. The molecule has 0 radical (unpaired) electrons. The van der Waals surface area contributed by atoms with Crippen LogP contribution >= 0.6 is 11.6 Å². The van der Waals surface area contributed by atoms with E-state index < -0.39 is 28.5 Å². The fourth-order valence-corrected chi connectivity index (χ4v) is 6.01. The van der Waals surface area contributed by atoms with E-state index in [2.05, 4.69) is 5.32 Å². The third-order valence-electron chi connectivity index (χ3n) is 6.33. The largest absolute Gasteiger partial charge is 0.495 e. The first-order valence-electron chi connectivity index (χ1n) is 13.1. The second-order valence-electron chi connectivity index (χ2n) is 9.55. The molecule has 0 aliphatic carbocycles. The molecule has 214 valence electrons. The molecule has 0 aromatic heterocycles. The maximum Gasteiger partial charge on any atom is 0.264 e. The van der Waals surface area contributed by atoms with Crippen LogP contribution in [0.2, 0.25) is 5.02 Å². The van der Waals surface area contributed by atoms with Crippen LogP contribution in [-0.2, 0) is 26.0 Å². The van der Waals surface area contributed by atoms with E-state index in [1.165, 1.54) is 36.3 Å². The Morgan fingerprint density at radius 1 is 0.975 bits per heavy atom. The van der Waals surface area contributed by atoms with Crippen molar-refractivity contribution in [2.75, 3.05) is 24.5 Å². The van der Waals surface area contributed by atoms with Gasteiger partial charge in [-0.25, -0.2) is 8.42 Å². The van der Waals surface area contributed by atoms with Crippen LogP contribution in [0.15, 0.2) is 83.8 Å². The van der Waals surface area contributed by atoms with E-state index in [0.29, 0.717) is 18.6 Å². The molecule has 0 heterocycles. The molecule has 0 spiro atoms. The molecule has 8 nitrogen and oxygen atoms in total. The topological polar surface area (TPSA) is 96.0 Å². The molecule has 40 heavy (non-hydrogen) atoms. The number of hydrogen-bond donors (Lipinski definition) is 1. The summed E-state index contributed by atoms with van der Waals surface area (Å²) in [5.41, 5.74) is 1.20. The summed E-state index contributed by atoms with van der Waals surface area (Å²) in [4.78, 5) is 28.7. The number of nitrogens with one attached hydrogen (secondary N) is 1. The van der Waals surface area contributed by atoms with E-state index in [1.54, 1.807) is 24.3 Å². The van der Waals surface area contributed by atoms with Crippen molar-refractivity contribution < 1.29 is 22.7 Å². The van der Waals surface area contributed by atoms with Crippen LogP contribution in [0.4, 0.5) is 5.69 Å². The molecule has 3 aromatic carbocycles. The summed E-state index contributed by atoms with van der Waals surface area (Å²) in [6.45, 7) is 5.23. The highest BCUT2D eigenvalue weighted by atomic mass is 35.5. The Bertz CT molecular complexity index is 1380. The van der Waals surface area contributed by atoms with Crippen LogP contribution in [0.1, 0.15) is 32.8 Å². The number of nitrogens with zero attached hydrogens (tertiary/aromatic N) is 2. The lowest BCUT2D eigenvalue weighted by Crippen LogP contribution is -2.54. The highest BCUT2D eigenvalue weighted by molar-refractivity contribution is 7.92. The summed E-state index contributed by atoms with van der Waals surface area (Å²) >= 11 is 6.35. The molecule has 0 bridgehead atoms. The van der Waals surface area contributed by atoms with Crippen molar-refractivity contribution in [3.8, 4) is 5.75 Å². The summed E-state index contributed by atoms with van der Waals surface area (Å²) in [5.74, 6) is -0.424. The number of ether oxygens (including phenoxy) is 1. The van der Waals surface area contributed by atoms with Crippen molar-refractivity contribution >= 4 is 39.1 Å². The highest BCUT2D eigenvalue weighted by Crippen LogP contribution is 2.32. The quantitative estimate of drug-likeness (QED) is 0.307. The maximum absolute atomic E-state index is 14.0. The molecule has 3 aromatic rings. The average Bonchev–Trinajstić information content (AvgIpc) is 2.94. The second-order valence-corrected chi connectivity index (χ2v) is 11.8. The number of benzene rings is 3. The van der Waals surface area contributed by atoms with Crippen LogP contribution in [0, 0.1) is 0 Å². The monoisotopic (exact) mass is 585 g/mol. The van der Waals surface area contributed by atoms with E-state index >= 15 is 0 Å². The van der Waals surface area contributed by atoms with Crippen molar-refractivity contribution in [2.45, 2.75) is 50.6 Å². The van der Waals surface area contributed by atoms with Crippen molar-refractivity contribution in [2.24, 2.45) is 0 Å². The van der Waals surface area contributed by atoms with Crippen LogP contribution in [0.25, 0.3) is 0 Å². The molecule has 3 rings (SSSR count). The van der Waals surface area contributed by atoms with Crippen molar-refractivity contribution in [1.82, 2.24) is 10.2 Å². The van der Waals surface area contributed by atoms with Gasteiger partial charge in [0.25, 0.3) is 10.0 Å². The van der Waals surface area contributed by atoms with E-state index in [4.69, 9.17) is 16.3 Å². The minimum atomic E-state index is -4.17. The first-order chi connectivity index (χ1) is 19.1. The number of hydrogen-bond acceptors (Lipinski definition) is 5. The van der Waals surface area contributed by atoms with Crippen molar-refractivity contribution in [3.05, 3.63) is 89.4 Å². The molecular formula is C30H36ClN3O5S. The van der Waals surface area contributed by atoms with Gasteiger partial charge in [-0.2, -0.15) is 0 Å². The Morgan fingerprint density at radius 2 is 1.60 bits per heavy atom. The summed E-state index contributed by atoms with van der Waals surface area (Å²) in [6, 6.07) is 21.1. The van der Waals surface area contributed by atoms with Crippen molar-refractivity contribution in [3.63, 3.8) is 0 Å². The van der Waals surface area contributed by atoms with E-state index in [9.17, 15) is 18.0 Å². The zero-order chi connectivity index (χ0) is 29.3. The number of anilines is 1. The van der Waals surface area contributed by atoms with Crippen LogP contribution in [0.5, 0.6) is 5.75 Å². The summed E-state index contributed by atoms with van der Waals surface area (Å²) < 4.78 is 34.0. The van der Waals surface area contributed by atoms with Crippen LogP contribution < -0.4 is 14.4 Å². The Balaban J connectivity index is 2.03. The number of amides is 2. The second kappa shape index (κ2) is 14.2. The molecule has 2 amide bonds. The van der Waals surface area contributed by atoms with Gasteiger partial charge in [-0.1, -0.05) is 67.1 Å². The molecule has 0 aliphatic heterocycles. The number of carbonyl (C=O) groups is 2. The van der Waals surface area contributed by atoms with Gasteiger partial charge in [0.1, 0.15) is 18.3 Å². The first-order valence-corrected chi connectivity index (χ1v) is 14.9. The standard InChI is InChI=1S/C30H36ClN3O5S/c1-5-27(30(36)32-22(2)3)33(19-18-23-12-8-6-9-13-23)29(35)21-34(24-16-17-28(39-4)26(31)20-24)40(37,38)25-14-10-7-11-15-25/h6-17,20,22,27H,5,18-19,21H2,1-4H3,(H,32,36). The molecular weight excluding hydrogens is 550 g/mol. The molecule has 10 heteroatoms. The van der Waals surface area contributed by atoms with Crippen LogP contribution in [0.3, 0.4) is 0 Å². The zero-order valence-electron chi connectivity index (χ0n) is 23.2. The van der Waals surface area contributed by atoms with Gasteiger partial charge in [-0.05, 0) is 62.6 Å². The Morgan fingerprint density at radius 3 is 2.15 bits per heavy atom. The third-order valence-corrected chi connectivity index (χ3v) is 8.42. The fourth-order valence-electron chi connectivity index (χ4n) is 4.34. The fraction of sp³-hybridized carbons (Fsp3) is 0.333. The number of sulfonamides is 1. The summed E-state index contributed by atoms with van der Waals surface area (Å²) in [7, 11) is -2.71. The lowest BCUT2D eigenvalue weighted by molar-refractivity contribution is -0.139. The number of rotatable bonds is 13. The van der Waals surface area contributed by atoms with Gasteiger partial charge in [-0.3, -0.25) is 13.9 Å². The molecule has 1 atom stereocenters. The maximum atomic E-state index is 14.0. The van der Waals surface area contributed by atoms with Gasteiger partial charge >= 0.3 is 0 Å². The molecule has 1 N–H and O–H groups in total. The van der Waals surface area contributed by atoms with Gasteiger partial charge < -0.3 is 15.0 Å². The molecule has 0 saturated carbocycles. The number of methoxy groups -OCH3 is 1. The lowest BCUT2D eigenvalue weighted by Gasteiger charge is -2.33. The summed E-state index contributed by atoms with van der Waals surface area (Å²) in [5, 5.41) is 3.09. The van der Waals surface area contributed by atoms with Crippen LogP contribution in [-0.4, -0.2) is 57.4 Å². The predicted molar refractivity (Wildman–Crippen MR) is 158 cm³/mol. The Kier molecular flexibility index (Phi) is 11.0. The lowest BCUT2D eigenvalue weighted by atomic mass is 10.1. The third kappa shape index (κ3) is 7.76. The highest BCUT2D eigenvalue weighted by Gasteiger charge is 2.33.